The van der Waals surface area contributed by atoms with Crippen molar-refractivity contribution in [2.24, 2.45) is 0 Å². The lowest BCUT2D eigenvalue weighted by Gasteiger charge is -2.22. The van der Waals surface area contributed by atoms with Gasteiger partial charge in [-0.05, 0) is 25.7 Å². The quantitative estimate of drug-likeness (QED) is 0.0417. The summed E-state index contributed by atoms with van der Waals surface area (Å²) in [7, 11) is 0. The van der Waals surface area contributed by atoms with Gasteiger partial charge in [0.25, 0.3) is 0 Å². The van der Waals surface area contributed by atoms with Crippen LogP contribution in [-0.2, 0) is 14.3 Å². The van der Waals surface area contributed by atoms with Gasteiger partial charge in [0, 0.05) is 12.8 Å². The molecule has 0 aromatic rings. The van der Waals surface area contributed by atoms with Crippen LogP contribution in [0, 0.1) is 0 Å². The minimum absolute atomic E-state index is 0.0116. The molecular formula is C63H125NO5. The van der Waals surface area contributed by atoms with Crippen molar-refractivity contribution < 1.29 is 24.5 Å². The molecule has 3 N–H and O–H groups in total. The number of unbranched alkanes of at least 4 members (excludes halogenated alkanes) is 49. The molecule has 0 bridgehead atoms. The van der Waals surface area contributed by atoms with Gasteiger partial charge < -0.3 is 20.3 Å². The van der Waals surface area contributed by atoms with Gasteiger partial charge in [-0.25, -0.2) is 0 Å². The number of aliphatic hydroxyl groups is 2. The average Bonchev–Trinajstić information content (AvgIpc) is 3.35. The lowest BCUT2D eigenvalue weighted by molar-refractivity contribution is -0.143. The van der Waals surface area contributed by atoms with Gasteiger partial charge in [-0.1, -0.05) is 328 Å². The molecule has 0 saturated heterocycles. The molecule has 0 aromatic heterocycles. The van der Waals surface area contributed by atoms with Crippen molar-refractivity contribution in [2.75, 3.05) is 13.2 Å². The molecule has 6 heteroatoms. The molecule has 2 unspecified atom stereocenters. The average molecular weight is 977 g/mol. The molecule has 0 aliphatic carbocycles. The van der Waals surface area contributed by atoms with Crippen molar-refractivity contribution in [1.29, 1.82) is 0 Å². The maximum atomic E-state index is 12.5. The Morgan fingerprint density at radius 2 is 0.594 bits per heavy atom. The van der Waals surface area contributed by atoms with Gasteiger partial charge in [0.2, 0.25) is 5.91 Å². The topological polar surface area (TPSA) is 95.9 Å². The Labute approximate surface area is 432 Å². The number of nitrogens with one attached hydrogen (secondary N) is 1. The summed E-state index contributed by atoms with van der Waals surface area (Å²) in [5, 5.41) is 23.4. The van der Waals surface area contributed by atoms with E-state index in [-0.39, 0.29) is 18.5 Å². The van der Waals surface area contributed by atoms with Crippen molar-refractivity contribution in [3.05, 3.63) is 0 Å². The van der Waals surface area contributed by atoms with Gasteiger partial charge in [0.05, 0.1) is 25.4 Å². The standard InChI is InChI=1S/C63H125NO5/c1-3-5-7-9-11-13-15-16-17-18-19-20-23-26-29-32-36-39-43-47-51-55-61(66)60(59-65)64-62(67)56-52-48-44-40-37-33-30-27-24-21-22-25-28-31-34-38-42-46-50-54-58-69-63(68)57-53-49-45-41-35-14-12-10-8-6-4-2/h60-61,65-66H,3-59H2,1-2H3,(H,64,67). The molecular weight excluding hydrogens is 851 g/mol. The maximum absolute atomic E-state index is 12.5. The van der Waals surface area contributed by atoms with Gasteiger partial charge in [0.15, 0.2) is 0 Å². The zero-order valence-electron chi connectivity index (χ0n) is 47.1. The van der Waals surface area contributed by atoms with Crippen LogP contribution in [0.25, 0.3) is 0 Å². The lowest BCUT2D eigenvalue weighted by atomic mass is 10.0. The fourth-order valence-corrected chi connectivity index (χ4v) is 10.3. The van der Waals surface area contributed by atoms with Crippen LogP contribution in [0.1, 0.15) is 367 Å². The minimum Gasteiger partial charge on any atom is -0.466 e. The van der Waals surface area contributed by atoms with Crippen LogP contribution in [0.2, 0.25) is 0 Å². The Morgan fingerprint density at radius 1 is 0.348 bits per heavy atom. The highest BCUT2D eigenvalue weighted by Gasteiger charge is 2.20. The fourth-order valence-electron chi connectivity index (χ4n) is 10.3. The minimum atomic E-state index is -0.665. The SMILES string of the molecule is CCCCCCCCCCCCCCCCCCCCCCCC(O)C(CO)NC(=O)CCCCCCCCCCCCCCCCCCCCCCOC(=O)CCCCCCCCCCCCC. The summed E-state index contributed by atoms with van der Waals surface area (Å²) in [6.45, 7) is 4.98. The normalized spacial score (nSPS) is 12.5. The van der Waals surface area contributed by atoms with E-state index in [1.54, 1.807) is 0 Å². The summed E-state index contributed by atoms with van der Waals surface area (Å²) in [6, 6.07) is -0.542. The molecule has 0 spiro atoms. The fraction of sp³-hybridized carbons (Fsp3) is 0.968. The Balaban J connectivity index is 3.39. The first kappa shape index (κ1) is 67.9. The van der Waals surface area contributed by atoms with E-state index >= 15 is 0 Å². The number of amides is 1. The van der Waals surface area contributed by atoms with E-state index in [1.165, 1.54) is 295 Å². The van der Waals surface area contributed by atoms with Gasteiger partial charge >= 0.3 is 5.97 Å². The molecule has 0 rings (SSSR count). The third-order valence-corrected chi connectivity index (χ3v) is 15.2. The highest BCUT2D eigenvalue weighted by molar-refractivity contribution is 5.76. The van der Waals surface area contributed by atoms with E-state index < -0.39 is 12.1 Å². The number of ether oxygens (including phenoxy) is 1. The van der Waals surface area contributed by atoms with E-state index in [0.717, 1.165) is 38.5 Å². The molecule has 2 atom stereocenters. The number of rotatable bonds is 60. The Hall–Kier alpha value is -1.14. The molecule has 412 valence electrons. The van der Waals surface area contributed by atoms with Crippen LogP contribution in [0.3, 0.4) is 0 Å². The predicted molar refractivity (Wildman–Crippen MR) is 301 cm³/mol. The molecule has 0 heterocycles. The van der Waals surface area contributed by atoms with Crippen LogP contribution in [0.15, 0.2) is 0 Å². The highest BCUT2D eigenvalue weighted by Crippen LogP contribution is 2.19. The second-order valence-electron chi connectivity index (χ2n) is 22.1. The van der Waals surface area contributed by atoms with Crippen molar-refractivity contribution in [2.45, 2.75) is 379 Å². The van der Waals surface area contributed by atoms with Crippen LogP contribution in [-0.4, -0.2) is 47.4 Å². The Kier molecular flexibility index (Phi) is 58.4. The summed E-state index contributed by atoms with van der Waals surface area (Å²) in [4.78, 5) is 24.5. The van der Waals surface area contributed by atoms with E-state index in [0.29, 0.717) is 25.9 Å². The van der Waals surface area contributed by atoms with Gasteiger partial charge in [0.1, 0.15) is 0 Å². The van der Waals surface area contributed by atoms with Crippen molar-refractivity contribution in [3.63, 3.8) is 0 Å². The Morgan fingerprint density at radius 3 is 0.884 bits per heavy atom. The third-order valence-electron chi connectivity index (χ3n) is 15.2. The first-order valence-corrected chi connectivity index (χ1v) is 31.8. The van der Waals surface area contributed by atoms with Crippen LogP contribution >= 0.6 is 0 Å². The summed E-state index contributed by atoms with van der Waals surface area (Å²) in [6.07, 6.45) is 69.7. The van der Waals surface area contributed by atoms with Gasteiger partial charge in [-0.15, -0.1) is 0 Å². The molecule has 0 aliphatic rings. The molecule has 69 heavy (non-hydrogen) atoms. The molecule has 0 fully saturated rings. The largest absolute Gasteiger partial charge is 0.466 e. The van der Waals surface area contributed by atoms with E-state index in [9.17, 15) is 19.8 Å². The first-order valence-electron chi connectivity index (χ1n) is 31.8. The van der Waals surface area contributed by atoms with Crippen molar-refractivity contribution in [3.8, 4) is 0 Å². The van der Waals surface area contributed by atoms with E-state index in [1.807, 2.05) is 0 Å². The maximum Gasteiger partial charge on any atom is 0.305 e. The summed E-state index contributed by atoms with van der Waals surface area (Å²) in [5.74, 6) is -0.0205. The molecule has 0 radical (unpaired) electrons. The second-order valence-corrected chi connectivity index (χ2v) is 22.1. The summed E-state index contributed by atoms with van der Waals surface area (Å²) < 4.78 is 5.47. The van der Waals surface area contributed by atoms with Crippen LogP contribution < -0.4 is 5.32 Å². The van der Waals surface area contributed by atoms with Gasteiger partial charge in [-0.3, -0.25) is 9.59 Å². The molecule has 1 amide bonds. The highest BCUT2D eigenvalue weighted by atomic mass is 16.5. The Bertz CT molecular complexity index is 990. The number of aliphatic hydroxyl groups excluding tert-OH is 2. The second kappa shape index (κ2) is 59.4. The van der Waals surface area contributed by atoms with Gasteiger partial charge in [-0.2, -0.15) is 0 Å². The number of carbonyl (C=O) groups is 2. The number of esters is 1. The monoisotopic (exact) mass is 976 g/mol. The van der Waals surface area contributed by atoms with Crippen LogP contribution in [0.4, 0.5) is 0 Å². The summed E-state index contributed by atoms with van der Waals surface area (Å²) in [5.41, 5.74) is 0. The number of carbonyl (C=O) groups excluding carboxylic acids is 2. The van der Waals surface area contributed by atoms with Crippen LogP contribution in [0.5, 0.6) is 0 Å². The molecule has 0 saturated carbocycles. The zero-order chi connectivity index (χ0) is 50.0. The molecule has 0 aliphatic heterocycles. The molecule has 0 aromatic carbocycles. The number of hydrogen-bond donors (Lipinski definition) is 3. The smallest absolute Gasteiger partial charge is 0.305 e. The molecule has 6 nitrogen and oxygen atoms in total. The first-order chi connectivity index (χ1) is 34.0. The zero-order valence-corrected chi connectivity index (χ0v) is 47.1. The lowest BCUT2D eigenvalue weighted by Crippen LogP contribution is -2.45. The number of hydrogen-bond acceptors (Lipinski definition) is 5. The summed E-state index contributed by atoms with van der Waals surface area (Å²) >= 11 is 0. The van der Waals surface area contributed by atoms with E-state index in [4.69, 9.17) is 4.74 Å². The third kappa shape index (κ3) is 56.0. The van der Waals surface area contributed by atoms with E-state index in [2.05, 4.69) is 19.2 Å². The van der Waals surface area contributed by atoms with Crippen molar-refractivity contribution in [1.82, 2.24) is 5.32 Å². The predicted octanol–water partition coefficient (Wildman–Crippen LogP) is 19.9. The van der Waals surface area contributed by atoms with Crippen molar-refractivity contribution >= 4 is 11.9 Å².